The molecule has 8 heteroatoms. The molecule has 1 aromatic carbocycles. The number of amides is 4. The maximum Gasteiger partial charge on any atom is 0.312 e. The number of nitrogens with two attached hydrogens (primary N) is 1. The molecule has 0 aliphatic rings. The number of anilines is 2. The van der Waals surface area contributed by atoms with Crippen molar-refractivity contribution in [3.8, 4) is 0 Å². The van der Waals surface area contributed by atoms with Crippen LogP contribution < -0.4 is 21.7 Å². The molecule has 0 spiro atoms. The molecule has 0 bridgehead atoms. The Morgan fingerprint density at radius 2 is 2.04 bits per heavy atom. The van der Waals surface area contributed by atoms with Crippen LogP contribution in [0.1, 0.15) is 19.8 Å². The number of hydrogen-bond acceptors (Lipinski definition) is 3. The van der Waals surface area contributed by atoms with Gasteiger partial charge in [-0.15, -0.1) is 0 Å². The topological polar surface area (TPSA) is 113 Å². The summed E-state index contributed by atoms with van der Waals surface area (Å²) in [4.78, 5) is 34.3. The zero-order chi connectivity index (χ0) is 17.4. The quantitative estimate of drug-likeness (QED) is 0.573. The molecule has 0 aliphatic heterocycles. The Morgan fingerprint density at radius 3 is 2.61 bits per heavy atom. The van der Waals surface area contributed by atoms with E-state index in [0.29, 0.717) is 12.8 Å². The van der Waals surface area contributed by atoms with E-state index in [1.165, 1.54) is 12.1 Å². The van der Waals surface area contributed by atoms with Crippen LogP contribution in [0, 0.1) is 5.82 Å². The minimum Gasteiger partial charge on any atom is -0.352 e. The van der Waals surface area contributed by atoms with Crippen molar-refractivity contribution in [1.29, 1.82) is 0 Å². The van der Waals surface area contributed by atoms with Crippen LogP contribution in [0.2, 0.25) is 0 Å². The summed E-state index contributed by atoms with van der Waals surface area (Å²) in [5.41, 5.74) is 5.20. The monoisotopic (exact) mass is 322 g/mol. The first-order valence-electron chi connectivity index (χ1n) is 6.97. The van der Waals surface area contributed by atoms with Gasteiger partial charge in [-0.05, 0) is 30.7 Å². The molecular weight excluding hydrogens is 303 g/mol. The van der Waals surface area contributed by atoms with E-state index in [2.05, 4.69) is 22.5 Å². The van der Waals surface area contributed by atoms with Gasteiger partial charge in [-0.3, -0.25) is 9.59 Å². The number of rotatable bonds is 7. The summed E-state index contributed by atoms with van der Waals surface area (Å²) >= 11 is 0. The minimum atomic E-state index is -0.809. The summed E-state index contributed by atoms with van der Waals surface area (Å²) < 4.78 is 13.6. The fourth-order valence-electron chi connectivity index (χ4n) is 1.84. The third kappa shape index (κ3) is 5.77. The summed E-state index contributed by atoms with van der Waals surface area (Å²) in [6, 6.07) is 2.10. The van der Waals surface area contributed by atoms with Crippen LogP contribution in [0.15, 0.2) is 30.9 Å². The summed E-state index contributed by atoms with van der Waals surface area (Å²) in [5, 5.41) is 7.16. The van der Waals surface area contributed by atoms with Crippen LogP contribution in [0.25, 0.3) is 0 Å². The van der Waals surface area contributed by atoms with Crippen LogP contribution in [-0.4, -0.2) is 23.9 Å². The van der Waals surface area contributed by atoms with Gasteiger partial charge in [0.25, 0.3) is 0 Å². The predicted molar refractivity (Wildman–Crippen MR) is 85.3 cm³/mol. The van der Waals surface area contributed by atoms with E-state index in [1.54, 1.807) is 0 Å². The van der Waals surface area contributed by atoms with Crippen molar-refractivity contribution in [3.63, 3.8) is 0 Å². The molecule has 0 aliphatic carbocycles. The van der Waals surface area contributed by atoms with Crippen molar-refractivity contribution in [2.24, 2.45) is 5.73 Å². The van der Waals surface area contributed by atoms with Crippen LogP contribution in [0.5, 0.6) is 0 Å². The number of carbonyl (C=O) groups is 3. The summed E-state index contributed by atoms with van der Waals surface area (Å²) in [5.74, 6) is -1.72. The molecule has 0 heterocycles. The fraction of sp³-hybridized carbons (Fsp3) is 0.267. The molecule has 0 aromatic heterocycles. The molecular formula is C15H19FN4O3. The molecule has 0 unspecified atom stereocenters. The van der Waals surface area contributed by atoms with Crippen LogP contribution in [0.4, 0.5) is 20.6 Å². The summed E-state index contributed by atoms with van der Waals surface area (Å²) in [6.07, 6.45) is 2.05. The molecule has 0 radical (unpaired) electrons. The van der Waals surface area contributed by atoms with Crippen molar-refractivity contribution in [3.05, 3.63) is 36.7 Å². The second-order valence-corrected chi connectivity index (χ2v) is 4.73. The first-order valence-corrected chi connectivity index (χ1v) is 6.97. The Kier molecular flexibility index (Phi) is 6.72. The standard InChI is InChI=1S/C15H19FN4O3/c1-3-5-11(20-15(17)23)14(22)18-9-6-7-10(16)12(8-9)19-13(21)4-2/h4,6-8,11H,2-3,5H2,1H3,(H,18,22)(H,19,21)(H3,17,20,23)/t11-/m1/s1. The first-order chi connectivity index (χ1) is 10.9. The minimum absolute atomic E-state index is 0.0948. The van der Waals surface area contributed by atoms with Gasteiger partial charge in [0.2, 0.25) is 11.8 Å². The van der Waals surface area contributed by atoms with Crippen LogP contribution in [0.3, 0.4) is 0 Å². The molecule has 1 aromatic rings. The Hall–Kier alpha value is -2.90. The predicted octanol–water partition coefficient (Wildman–Crippen LogP) is 1.73. The van der Waals surface area contributed by atoms with E-state index < -0.39 is 29.7 Å². The van der Waals surface area contributed by atoms with Gasteiger partial charge in [0.1, 0.15) is 11.9 Å². The lowest BCUT2D eigenvalue weighted by Gasteiger charge is -2.17. The van der Waals surface area contributed by atoms with Crippen molar-refractivity contribution in [2.75, 3.05) is 10.6 Å². The van der Waals surface area contributed by atoms with E-state index >= 15 is 0 Å². The molecule has 0 fully saturated rings. The van der Waals surface area contributed by atoms with Gasteiger partial charge in [0, 0.05) is 5.69 Å². The largest absolute Gasteiger partial charge is 0.352 e. The van der Waals surface area contributed by atoms with Crippen LogP contribution in [-0.2, 0) is 9.59 Å². The third-order valence-electron chi connectivity index (χ3n) is 2.89. The molecule has 5 N–H and O–H groups in total. The molecule has 4 amide bonds. The maximum absolute atomic E-state index is 13.6. The average Bonchev–Trinajstić information content (AvgIpc) is 2.49. The SMILES string of the molecule is C=CC(=O)Nc1cc(NC(=O)[C@@H](CCC)NC(N)=O)ccc1F. The van der Waals surface area contributed by atoms with E-state index in [0.717, 1.165) is 12.1 Å². The Balaban J connectivity index is 2.88. The summed E-state index contributed by atoms with van der Waals surface area (Å²) in [7, 11) is 0. The van der Waals surface area contributed by atoms with E-state index in [9.17, 15) is 18.8 Å². The van der Waals surface area contributed by atoms with E-state index in [4.69, 9.17) is 5.73 Å². The normalized spacial score (nSPS) is 11.2. The zero-order valence-corrected chi connectivity index (χ0v) is 12.7. The molecule has 1 rings (SSSR count). The van der Waals surface area contributed by atoms with Crippen molar-refractivity contribution in [1.82, 2.24) is 5.32 Å². The average molecular weight is 322 g/mol. The molecule has 1 atom stereocenters. The van der Waals surface area contributed by atoms with Gasteiger partial charge in [0.05, 0.1) is 5.69 Å². The number of primary amides is 1. The highest BCUT2D eigenvalue weighted by Gasteiger charge is 2.19. The number of urea groups is 1. The maximum atomic E-state index is 13.6. The van der Waals surface area contributed by atoms with Crippen molar-refractivity contribution < 1.29 is 18.8 Å². The fourth-order valence-corrected chi connectivity index (χ4v) is 1.84. The lowest BCUT2D eigenvalue weighted by atomic mass is 10.1. The van der Waals surface area contributed by atoms with Gasteiger partial charge >= 0.3 is 6.03 Å². The smallest absolute Gasteiger partial charge is 0.312 e. The molecule has 124 valence electrons. The van der Waals surface area contributed by atoms with E-state index in [-0.39, 0.29) is 11.4 Å². The highest BCUT2D eigenvalue weighted by molar-refractivity contribution is 6.00. The van der Waals surface area contributed by atoms with Gasteiger partial charge in [-0.25, -0.2) is 9.18 Å². The van der Waals surface area contributed by atoms with Crippen molar-refractivity contribution in [2.45, 2.75) is 25.8 Å². The third-order valence-corrected chi connectivity index (χ3v) is 2.89. The first kappa shape index (κ1) is 18.1. The van der Waals surface area contributed by atoms with E-state index in [1.807, 2.05) is 6.92 Å². The van der Waals surface area contributed by atoms with Crippen molar-refractivity contribution >= 4 is 29.2 Å². The number of nitrogens with one attached hydrogen (secondary N) is 3. The second kappa shape index (κ2) is 8.52. The number of hydrogen-bond donors (Lipinski definition) is 4. The Bertz CT molecular complexity index is 619. The lowest BCUT2D eigenvalue weighted by molar-refractivity contribution is -0.118. The lowest BCUT2D eigenvalue weighted by Crippen LogP contribution is -2.46. The van der Waals surface area contributed by atoms with Gasteiger partial charge in [-0.1, -0.05) is 19.9 Å². The number of halogens is 1. The van der Waals surface area contributed by atoms with Crippen LogP contribution >= 0.6 is 0 Å². The van der Waals surface area contributed by atoms with Gasteiger partial charge in [-0.2, -0.15) is 0 Å². The van der Waals surface area contributed by atoms with Gasteiger partial charge < -0.3 is 21.7 Å². The summed E-state index contributed by atoms with van der Waals surface area (Å²) in [6.45, 7) is 5.12. The molecule has 23 heavy (non-hydrogen) atoms. The Morgan fingerprint density at radius 1 is 1.35 bits per heavy atom. The number of benzene rings is 1. The highest BCUT2D eigenvalue weighted by Crippen LogP contribution is 2.20. The highest BCUT2D eigenvalue weighted by atomic mass is 19.1. The molecule has 0 saturated carbocycles. The Labute approximate surface area is 133 Å². The molecule has 7 nitrogen and oxygen atoms in total. The number of carbonyl (C=O) groups excluding carboxylic acids is 3. The van der Waals surface area contributed by atoms with Gasteiger partial charge in [0.15, 0.2) is 0 Å². The molecule has 0 saturated heterocycles. The second-order valence-electron chi connectivity index (χ2n) is 4.73. The zero-order valence-electron chi connectivity index (χ0n) is 12.7.